The summed E-state index contributed by atoms with van der Waals surface area (Å²) in [4.78, 5) is 0. The zero-order valence-electron chi connectivity index (χ0n) is 11.1. The van der Waals surface area contributed by atoms with Gasteiger partial charge in [0.25, 0.3) is 0 Å². The Morgan fingerprint density at radius 1 is 1.35 bits per heavy atom. The van der Waals surface area contributed by atoms with E-state index < -0.39 is 0 Å². The molecule has 1 aromatic rings. The second-order valence-electron chi connectivity index (χ2n) is 5.10. The molecular weight excluding hydrogens is 210 g/mol. The second kappa shape index (κ2) is 5.54. The normalized spacial score (nSPS) is 16.9. The number of rotatable bonds is 6. The molecule has 1 saturated carbocycles. The van der Waals surface area contributed by atoms with Crippen LogP contribution in [0, 0.1) is 13.8 Å². The van der Waals surface area contributed by atoms with E-state index in [4.69, 9.17) is 4.74 Å². The fourth-order valence-electron chi connectivity index (χ4n) is 1.87. The van der Waals surface area contributed by atoms with E-state index in [1.807, 2.05) is 0 Å². The molecule has 1 N–H and O–H groups in total. The minimum absolute atomic E-state index is 0.288. The first kappa shape index (κ1) is 12.4. The van der Waals surface area contributed by atoms with Crippen LogP contribution in [-0.4, -0.2) is 18.7 Å². The molecule has 1 unspecified atom stereocenters. The van der Waals surface area contributed by atoms with Crippen molar-refractivity contribution in [3.8, 4) is 5.75 Å². The van der Waals surface area contributed by atoms with E-state index in [0.717, 1.165) is 24.8 Å². The monoisotopic (exact) mass is 233 g/mol. The maximum Gasteiger partial charge on any atom is 0.122 e. The SMILES string of the molecule is CCC(CNC1CC1)Oc1cc(C)ccc1C. The average Bonchev–Trinajstić information content (AvgIpc) is 3.12. The summed E-state index contributed by atoms with van der Waals surface area (Å²) in [5, 5.41) is 3.54. The Labute approximate surface area is 104 Å². The topological polar surface area (TPSA) is 21.3 Å². The zero-order valence-corrected chi connectivity index (χ0v) is 11.1. The molecule has 0 spiro atoms. The molecule has 0 bridgehead atoms. The Morgan fingerprint density at radius 3 is 2.76 bits per heavy atom. The van der Waals surface area contributed by atoms with Crippen molar-refractivity contribution in [1.29, 1.82) is 0 Å². The maximum absolute atomic E-state index is 6.09. The van der Waals surface area contributed by atoms with Crippen LogP contribution in [0.2, 0.25) is 0 Å². The van der Waals surface area contributed by atoms with Crippen LogP contribution >= 0.6 is 0 Å². The molecule has 0 aliphatic heterocycles. The summed E-state index contributed by atoms with van der Waals surface area (Å²) in [7, 11) is 0. The minimum Gasteiger partial charge on any atom is -0.489 e. The molecule has 1 fully saturated rings. The third kappa shape index (κ3) is 3.74. The highest BCUT2D eigenvalue weighted by molar-refractivity contribution is 5.36. The molecule has 0 heterocycles. The third-order valence-corrected chi connectivity index (χ3v) is 3.30. The lowest BCUT2D eigenvalue weighted by atomic mass is 10.1. The first-order valence-electron chi connectivity index (χ1n) is 6.66. The van der Waals surface area contributed by atoms with E-state index in [0.29, 0.717) is 0 Å². The molecule has 2 rings (SSSR count). The third-order valence-electron chi connectivity index (χ3n) is 3.30. The maximum atomic E-state index is 6.09. The molecule has 94 valence electrons. The van der Waals surface area contributed by atoms with Crippen LogP contribution in [0.3, 0.4) is 0 Å². The summed E-state index contributed by atoms with van der Waals surface area (Å²) in [6, 6.07) is 7.15. The lowest BCUT2D eigenvalue weighted by Gasteiger charge is -2.20. The van der Waals surface area contributed by atoms with E-state index in [1.165, 1.54) is 24.0 Å². The van der Waals surface area contributed by atoms with Crippen LogP contribution in [0.5, 0.6) is 5.75 Å². The highest BCUT2D eigenvalue weighted by Gasteiger charge is 2.22. The quantitative estimate of drug-likeness (QED) is 0.814. The van der Waals surface area contributed by atoms with Gasteiger partial charge in [0.2, 0.25) is 0 Å². The van der Waals surface area contributed by atoms with Crippen molar-refractivity contribution in [2.75, 3.05) is 6.54 Å². The summed E-state index contributed by atoms with van der Waals surface area (Å²) in [5.74, 6) is 1.04. The predicted octanol–water partition coefficient (Wildman–Crippen LogP) is 3.21. The summed E-state index contributed by atoms with van der Waals surface area (Å²) in [6.07, 6.45) is 4.00. The summed E-state index contributed by atoms with van der Waals surface area (Å²) >= 11 is 0. The molecular formula is C15H23NO. The molecule has 1 aliphatic carbocycles. The predicted molar refractivity (Wildman–Crippen MR) is 71.6 cm³/mol. The number of benzene rings is 1. The van der Waals surface area contributed by atoms with Gasteiger partial charge in [-0.2, -0.15) is 0 Å². The van der Waals surface area contributed by atoms with Crippen molar-refractivity contribution in [2.45, 2.75) is 52.2 Å². The number of aryl methyl sites for hydroxylation is 2. The fraction of sp³-hybridized carbons (Fsp3) is 0.600. The molecule has 17 heavy (non-hydrogen) atoms. The van der Waals surface area contributed by atoms with Crippen molar-refractivity contribution < 1.29 is 4.74 Å². The van der Waals surface area contributed by atoms with E-state index in [-0.39, 0.29) is 6.10 Å². The van der Waals surface area contributed by atoms with Crippen molar-refractivity contribution in [1.82, 2.24) is 5.32 Å². The molecule has 0 saturated heterocycles. The molecule has 2 nitrogen and oxygen atoms in total. The number of hydrogen-bond donors (Lipinski definition) is 1. The van der Waals surface area contributed by atoms with Gasteiger partial charge in [0.15, 0.2) is 0 Å². The van der Waals surface area contributed by atoms with E-state index in [1.54, 1.807) is 0 Å². The van der Waals surface area contributed by atoms with Crippen molar-refractivity contribution in [3.63, 3.8) is 0 Å². The summed E-state index contributed by atoms with van der Waals surface area (Å²) < 4.78 is 6.09. The number of nitrogens with one attached hydrogen (secondary N) is 1. The molecule has 0 aromatic heterocycles. The lowest BCUT2D eigenvalue weighted by molar-refractivity contribution is 0.191. The van der Waals surface area contributed by atoms with Gasteiger partial charge < -0.3 is 10.1 Å². The van der Waals surface area contributed by atoms with Crippen LogP contribution in [0.1, 0.15) is 37.3 Å². The molecule has 0 amide bonds. The molecule has 0 radical (unpaired) electrons. The van der Waals surface area contributed by atoms with Crippen molar-refractivity contribution in [2.24, 2.45) is 0 Å². The summed E-state index contributed by atoms with van der Waals surface area (Å²) in [6.45, 7) is 7.37. The minimum atomic E-state index is 0.288. The van der Waals surface area contributed by atoms with Crippen LogP contribution in [0.4, 0.5) is 0 Å². The largest absolute Gasteiger partial charge is 0.489 e. The van der Waals surface area contributed by atoms with Crippen LogP contribution in [-0.2, 0) is 0 Å². The Bertz CT molecular complexity index is 371. The van der Waals surface area contributed by atoms with Gasteiger partial charge in [-0.15, -0.1) is 0 Å². The Morgan fingerprint density at radius 2 is 2.12 bits per heavy atom. The highest BCUT2D eigenvalue weighted by atomic mass is 16.5. The van der Waals surface area contributed by atoms with Crippen LogP contribution < -0.4 is 10.1 Å². The molecule has 2 heteroatoms. The highest BCUT2D eigenvalue weighted by Crippen LogP contribution is 2.22. The van der Waals surface area contributed by atoms with Gasteiger partial charge in [0.05, 0.1) is 0 Å². The summed E-state index contributed by atoms with van der Waals surface area (Å²) in [5.41, 5.74) is 2.48. The first-order valence-corrected chi connectivity index (χ1v) is 6.66. The Hall–Kier alpha value is -1.02. The molecule has 1 aromatic carbocycles. The van der Waals surface area contributed by atoms with E-state index >= 15 is 0 Å². The Kier molecular flexibility index (Phi) is 4.06. The van der Waals surface area contributed by atoms with Crippen molar-refractivity contribution >= 4 is 0 Å². The van der Waals surface area contributed by atoms with Gasteiger partial charge >= 0.3 is 0 Å². The Balaban J connectivity index is 1.93. The zero-order chi connectivity index (χ0) is 12.3. The second-order valence-corrected chi connectivity index (χ2v) is 5.10. The van der Waals surface area contributed by atoms with Crippen molar-refractivity contribution in [3.05, 3.63) is 29.3 Å². The fourth-order valence-corrected chi connectivity index (χ4v) is 1.87. The van der Waals surface area contributed by atoms with Gasteiger partial charge in [-0.05, 0) is 50.3 Å². The van der Waals surface area contributed by atoms with E-state index in [9.17, 15) is 0 Å². The van der Waals surface area contributed by atoms with Gasteiger partial charge in [0, 0.05) is 12.6 Å². The van der Waals surface area contributed by atoms with Gasteiger partial charge in [0.1, 0.15) is 11.9 Å². The van der Waals surface area contributed by atoms with Crippen LogP contribution in [0.25, 0.3) is 0 Å². The number of ether oxygens (including phenoxy) is 1. The molecule has 1 atom stereocenters. The standard InChI is InChI=1S/C15H23NO/c1-4-14(10-16-13-7-8-13)17-15-9-11(2)5-6-12(15)3/h5-6,9,13-14,16H,4,7-8,10H2,1-3H3. The van der Waals surface area contributed by atoms with Gasteiger partial charge in [-0.1, -0.05) is 19.1 Å². The van der Waals surface area contributed by atoms with E-state index in [2.05, 4.69) is 44.3 Å². The average molecular weight is 233 g/mol. The molecule has 1 aliphatic rings. The lowest BCUT2D eigenvalue weighted by Crippen LogP contribution is -2.32. The smallest absolute Gasteiger partial charge is 0.122 e. The van der Waals surface area contributed by atoms with Gasteiger partial charge in [-0.25, -0.2) is 0 Å². The van der Waals surface area contributed by atoms with Crippen LogP contribution in [0.15, 0.2) is 18.2 Å². The van der Waals surface area contributed by atoms with Gasteiger partial charge in [-0.3, -0.25) is 0 Å². The first-order chi connectivity index (χ1) is 8.19. The number of hydrogen-bond acceptors (Lipinski definition) is 2.